The summed E-state index contributed by atoms with van der Waals surface area (Å²) in [6, 6.07) is 4.14. The van der Waals surface area contributed by atoms with Crippen LogP contribution in [0.25, 0.3) is 11.0 Å². The molecule has 4 heteroatoms. The molecule has 0 saturated carbocycles. The van der Waals surface area contributed by atoms with Crippen molar-refractivity contribution in [1.82, 2.24) is 15.0 Å². The first-order valence-electron chi connectivity index (χ1n) is 5.76. The zero-order valence-corrected chi connectivity index (χ0v) is 9.19. The van der Waals surface area contributed by atoms with E-state index in [9.17, 15) is 0 Å². The van der Waals surface area contributed by atoms with Gasteiger partial charge >= 0.3 is 0 Å². The number of nitrogens with two attached hydrogens (primary N) is 1. The fourth-order valence-electron chi connectivity index (χ4n) is 2.53. The molecule has 0 atom stereocenters. The number of aromatic amines is 1. The van der Waals surface area contributed by atoms with Gasteiger partial charge in [-0.3, -0.25) is 5.84 Å². The Balaban J connectivity index is 1.94. The fourth-order valence-corrected chi connectivity index (χ4v) is 2.53. The lowest BCUT2D eigenvalue weighted by molar-refractivity contribution is 0.218. The minimum atomic E-state index is 0.623. The largest absolute Gasteiger partial charge is 0.346 e. The number of hydrogen-bond donors (Lipinski definition) is 2. The number of hydrazine groups is 1. The van der Waals surface area contributed by atoms with Gasteiger partial charge in [0.25, 0.3) is 0 Å². The Morgan fingerprint density at radius 3 is 3.00 bits per heavy atom. The van der Waals surface area contributed by atoms with Crippen molar-refractivity contribution in [2.45, 2.75) is 18.8 Å². The van der Waals surface area contributed by atoms with Crippen LogP contribution in [0.4, 0.5) is 0 Å². The van der Waals surface area contributed by atoms with Crippen molar-refractivity contribution in [3.63, 3.8) is 0 Å². The van der Waals surface area contributed by atoms with E-state index in [1.54, 1.807) is 0 Å². The van der Waals surface area contributed by atoms with Crippen molar-refractivity contribution in [3.05, 3.63) is 30.1 Å². The molecule has 3 heterocycles. The van der Waals surface area contributed by atoms with E-state index in [1.807, 2.05) is 17.3 Å². The maximum atomic E-state index is 5.78. The normalized spacial score (nSPS) is 19.3. The lowest BCUT2D eigenvalue weighted by Gasteiger charge is -2.28. The van der Waals surface area contributed by atoms with Crippen molar-refractivity contribution >= 4 is 11.0 Å². The molecule has 84 valence electrons. The number of pyridine rings is 1. The van der Waals surface area contributed by atoms with Crippen LogP contribution in [0.2, 0.25) is 0 Å². The first-order chi connectivity index (χ1) is 7.84. The molecule has 2 aromatic rings. The minimum absolute atomic E-state index is 0.623. The predicted octanol–water partition coefficient (Wildman–Crippen LogP) is 1.62. The van der Waals surface area contributed by atoms with Gasteiger partial charge in [0.2, 0.25) is 0 Å². The highest BCUT2D eigenvalue weighted by Crippen LogP contribution is 2.31. The zero-order chi connectivity index (χ0) is 11.0. The van der Waals surface area contributed by atoms with Gasteiger partial charge in [0.1, 0.15) is 5.65 Å². The third-order valence-corrected chi connectivity index (χ3v) is 3.45. The van der Waals surface area contributed by atoms with Gasteiger partial charge in [0.15, 0.2) is 0 Å². The molecule has 0 aromatic carbocycles. The number of hydrogen-bond acceptors (Lipinski definition) is 3. The van der Waals surface area contributed by atoms with Gasteiger partial charge in [-0.25, -0.2) is 9.99 Å². The average Bonchev–Trinajstić information content (AvgIpc) is 2.74. The number of rotatable bonds is 1. The molecule has 1 saturated heterocycles. The van der Waals surface area contributed by atoms with Crippen molar-refractivity contribution in [3.8, 4) is 0 Å². The van der Waals surface area contributed by atoms with Gasteiger partial charge in [-0.15, -0.1) is 0 Å². The van der Waals surface area contributed by atoms with E-state index in [2.05, 4.69) is 22.2 Å². The molecular weight excluding hydrogens is 200 g/mol. The summed E-state index contributed by atoms with van der Waals surface area (Å²) in [5, 5.41) is 3.17. The van der Waals surface area contributed by atoms with E-state index < -0.39 is 0 Å². The highest BCUT2D eigenvalue weighted by atomic mass is 15.4. The molecule has 4 nitrogen and oxygen atoms in total. The summed E-state index contributed by atoms with van der Waals surface area (Å²) in [6.45, 7) is 1.97. The van der Waals surface area contributed by atoms with Crippen LogP contribution in [0.15, 0.2) is 24.5 Å². The summed E-state index contributed by atoms with van der Waals surface area (Å²) >= 11 is 0. The van der Waals surface area contributed by atoms with E-state index in [-0.39, 0.29) is 0 Å². The number of piperidine rings is 1. The Hall–Kier alpha value is -1.39. The van der Waals surface area contributed by atoms with E-state index >= 15 is 0 Å². The van der Waals surface area contributed by atoms with E-state index in [0.717, 1.165) is 31.6 Å². The minimum Gasteiger partial charge on any atom is -0.346 e. The quantitative estimate of drug-likeness (QED) is 0.712. The van der Waals surface area contributed by atoms with Crippen LogP contribution in [0.5, 0.6) is 0 Å². The molecule has 3 N–H and O–H groups in total. The van der Waals surface area contributed by atoms with Gasteiger partial charge in [0.05, 0.1) is 0 Å². The molecule has 0 amide bonds. The summed E-state index contributed by atoms with van der Waals surface area (Å²) in [4.78, 5) is 7.56. The first kappa shape index (κ1) is 9.81. The number of nitrogens with zero attached hydrogens (tertiary/aromatic N) is 2. The molecule has 0 unspecified atom stereocenters. The second-order valence-corrected chi connectivity index (χ2v) is 4.45. The molecule has 0 bridgehead atoms. The number of H-pyrrole nitrogens is 1. The van der Waals surface area contributed by atoms with Gasteiger partial charge in [-0.05, 0) is 36.5 Å². The Bertz CT molecular complexity index is 482. The molecule has 1 aliphatic heterocycles. The second kappa shape index (κ2) is 3.88. The van der Waals surface area contributed by atoms with Crippen LogP contribution in [0, 0.1) is 0 Å². The lowest BCUT2D eigenvalue weighted by atomic mass is 9.90. The Morgan fingerprint density at radius 1 is 1.38 bits per heavy atom. The highest BCUT2D eigenvalue weighted by Gasteiger charge is 2.21. The Kier molecular flexibility index (Phi) is 2.38. The van der Waals surface area contributed by atoms with Crippen LogP contribution in [-0.2, 0) is 0 Å². The fraction of sp³-hybridized carbons (Fsp3) is 0.417. The van der Waals surface area contributed by atoms with Gasteiger partial charge in [-0.1, -0.05) is 0 Å². The summed E-state index contributed by atoms with van der Waals surface area (Å²) in [5.41, 5.74) is 2.39. The molecular formula is C12H16N4. The molecule has 0 aliphatic carbocycles. The van der Waals surface area contributed by atoms with Crippen molar-refractivity contribution in [2.24, 2.45) is 5.84 Å². The van der Waals surface area contributed by atoms with Crippen LogP contribution < -0.4 is 5.84 Å². The SMILES string of the molecule is NN1CCC(c2c[nH]c3ncccc23)CC1. The summed E-state index contributed by atoms with van der Waals surface area (Å²) in [6.07, 6.45) is 6.20. The van der Waals surface area contributed by atoms with Crippen molar-refractivity contribution in [2.75, 3.05) is 13.1 Å². The monoisotopic (exact) mass is 216 g/mol. The number of fused-ring (bicyclic) bond motifs is 1. The zero-order valence-electron chi connectivity index (χ0n) is 9.19. The van der Waals surface area contributed by atoms with Gasteiger partial charge in [-0.2, -0.15) is 0 Å². The van der Waals surface area contributed by atoms with Crippen LogP contribution >= 0.6 is 0 Å². The van der Waals surface area contributed by atoms with Gasteiger partial charge in [0, 0.05) is 30.9 Å². The smallest absolute Gasteiger partial charge is 0.137 e. The van der Waals surface area contributed by atoms with Crippen molar-refractivity contribution < 1.29 is 0 Å². The third kappa shape index (κ3) is 1.60. The first-order valence-corrected chi connectivity index (χ1v) is 5.76. The Morgan fingerprint density at radius 2 is 2.19 bits per heavy atom. The van der Waals surface area contributed by atoms with Crippen LogP contribution in [0.3, 0.4) is 0 Å². The molecule has 2 aromatic heterocycles. The summed E-state index contributed by atoms with van der Waals surface area (Å²) in [5.74, 6) is 6.40. The van der Waals surface area contributed by atoms with Crippen LogP contribution in [0.1, 0.15) is 24.3 Å². The molecule has 1 fully saturated rings. The maximum Gasteiger partial charge on any atom is 0.137 e. The maximum absolute atomic E-state index is 5.78. The third-order valence-electron chi connectivity index (χ3n) is 3.45. The standard InChI is InChI=1S/C12H16N4/c13-16-6-3-9(4-7-16)11-8-15-12-10(11)2-1-5-14-12/h1-2,5,8-9H,3-4,6-7,13H2,(H,14,15). The molecule has 1 aliphatic rings. The molecule has 3 rings (SSSR count). The van der Waals surface area contributed by atoms with Gasteiger partial charge < -0.3 is 4.98 Å². The average molecular weight is 216 g/mol. The molecule has 0 spiro atoms. The van der Waals surface area contributed by atoms with E-state index in [0.29, 0.717) is 5.92 Å². The van der Waals surface area contributed by atoms with E-state index in [4.69, 9.17) is 5.84 Å². The summed E-state index contributed by atoms with van der Waals surface area (Å²) in [7, 11) is 0. The topological polar surface area (TPSA) is 57.9 Å². The predicted molar refractivity (Wildman–Crippen MR) is 63.8 cm³/mol. The highest BCUT2D eigenvalue weighted by molar-refractivity contribution is 5.80. The lowest BCUT2D eigenvalue weighted by Crippen LogP contribution is -2.38. The van der Waals surface area contributed by atoms with Crippen LogP contribution in [-0.4, -0.2) is 28.1 Å². The number of nitrogens with one attached hydrogen (secondary N) is 1. The Labute approximate surface area is 94.4 Å². The van der Waals surface area contributed by atoms with Crippen molar-refractivity contribution in [1.29, 1.82) is 0 Å². The molecule has 16 heavy (non-hydrogen) atoms. The second-order valence-electron chi connectivity index (χ2n) is 4.45. The van der Waals surface area contributed by atoms with E-state index in [1.165, 1.54) is 10.9 Å². The number of aromatic nitrogens is 2. The molecule has 0 radical (unpaired) electrons. The summed E-state index contributed by atoms with van der Waals surface area (Å²) < 4.78 is 0.